The van der Waals surface area contributed by atoms with Crippen LogP contribution in [0.4, 0.5) is 0 Å². The van der Waals surface area contributed by atoms with Crippen LogP contribution in [0.1, 0.15) is 57.1 Å². The first-order valence-corrected chi connectivity index (χ1v) is 11.0. The average Bonchev–Trinajstić information content (AvgIpc) is 2.73. The van der Waals surface area contributed by atoms with E-state index in [2.05, 4.69) is 36.2 Å². The van der Waals surface area contributed by atoms with Gasteiger partial charge in [-0.15, -0.1) is 0 Å². The van der Waals surface area contributed by atoms with Gasteiger partial charge in [-0.1, -0.05) is 38.1 Å². The average molecular weight is 404 g/mol. The smallest absolute Gasteiger partial charge is 0.222 e. The van der Waals surface area contributed by atoms with Crippen LogP contribution in [0, 0.1) is 0 Å². The van der Waals surface area contributed by atoms with Gasteiger partial charge in [0.05, 0.1) is 13.2 Å². The highest BCUT2D eigenvalue weighted by Gasteiger charge is 2.14. The Bertz CT molecular complexity index is 624. The number of amides is 2. The van der Waals surface area contributed by atoms with E-state index in [9.17, 15) is 9.59 Å². The summed E-state index contributed by atoms with van der Waals surface area (Å²) < 4.78 is 5.42. The van der Waals surface area contributed by atoms with Gasteiger partial charge >= 0.3 is 0 Å². The molecular formula is C23H37N3O3. The van der Waals surface area contributed by atoms with Crippen molar-refractivity contribution in [3.63, 3.8) is 0 Å². The molecule has 0 radical (unpaired) electrons. The largest absolute Gasteiger partial charge is 0.379 e. The fourth-order valence-corrected chi connectivity index (χ4v) is 3.63. The van der Waals surface area contributed by atoms with Crippen LogP contribution in [-0.4, -0.2) is 61.0 Å². The van der Waals surface area contributed by atoms with Crippen molar-refractivity contribution in [1.29, 1.82) is 0 Å². The van der Waals surface area contributed by atoms with E-state index in [4.69, 9.17) is 4.74 Å². The summed E-state index contributed by atoms with van der Waals surface area (Å²) in [7, 11) is 0. The normalized spacial score (nSPS) is 14.6. The third-order valence-corrected chi connectivity index (χ3v) is 5.23. The van der Waals surface area contributed by atoms with E-state index in [1.54, 1.807) is 0 Å². The predicted octanol–water partition coefficient (Wildman–Crippen LogP) is 2.95. The van der Waals surface area contributed by atoms with Crippen molar-refractivity contribution < 1.29 is 14.3 Å². The van der Waals surface area contributed by atoms with Gasteiger partial charge in [-0.05, 0) is 30.4 Å². The molecule has 0 atom stereocenters. The lowest BCUT2D eigenvalue weighted by atomic mass is 10.1. The molecule has 1 aromatic carbocycles. The molecule has 0 aliphatic carbocycles. The van der Waals surface area contributed by atoms with Crippen LogP contribution in [0.25, 0.3) is 0 Å². The fraction of sp³-hybridized carbons (Fsp3) is 0.652. The summed E-state index contributed by atoms with van der Waals surface area (Å²) in [5.74, 6) is 0.175. The minimum absolute atomic E-state index is 0.0107. The van der Waals surface area contributed by atoms with Crippen LogP contribution in [0.15, 0.2) is 24.3 Å². The number of morpholine rings is 1. The minimum atomic E-state index is 0.0107. The van der Waals surface area contributed by atoms with E-state index in [1.165, 1.54) is 5.56 Å². The summed E-state index contributed by atoms with van der Waals surface area (Å²) in [5.41, 5.74) is 2.40. The van der Waals surface area contributed by atoms with Gasteiger partial charge in [0.15, 0.2) is 0 Å². The Morgan fingerprint density at radius 1 is 1.03 bits per heavy atom. The molecule has 1 aliphatic rings. The van der Waals surface area contributed by atoms with Crippen LogP contribution < -0.4 is 5.32 Å². The lowest BCUT2D eigenvalue weighted by Gasteiger charge is -2.27. The Kier molecular flexibility index (Phi) is 10.7. The molecule has 1 fully saturated rings. The summed E-state index contributed by atoms with van der Waals surface area (Å²) in [6.45, 7) is 10.7. The zero-order chi connectivity index (χ0) is 20.9. The number of benzene rings is 1. The number of hydrogen-bond acceptors (Lipinski definition) is 4. The first-order valence-electron chi connectivity index (χ1n) is 11.0. The van der Waals surface area contributed by atoms with Gasteiger partial charge < -0.3 is 15.0 Å². The molecule has 1 aliphatic heterocycles. The van der Waals surface area contributed by atoms with E-state index < -0.39 is 0 Å². The van der Waals surface area contributed by atoms with Gasteiger partial charge in [0.25, 0.3) is 0 Å². The van der Waals surface area contributed by atoms with Crippen LogP contribution in [0.2, 0.25) is 0 Å². The summed E-state index contributed by atoms with van der Waals surface area (Å²) in [6.07, 6.45) is 3.38. The van der Waals surface area contributed by atoms with Crippen LogP contribution in [0.5, 0.6) is 0 Å². The van der Waals surface area contributed by atoms with Crippen LogP contribution >= 0.6 is 0 Å². The van der Waals surface area contributed by atoms with Crippen molar-refractivity contribution in [3.05, 3.63) is 35.4 Å². The predicted molar refractivity (Wildman–Crippen MR) is 115 cm³/mol. The molecule has 2 rings (SSSR count). The molecule has 29 heavy (non-hydrogen) atoms. The van der Waals surface area contributed by atoms with Crippen molar-refractivity contribution in [2.24, 2.45) is 0 Å². The molecule has 6 nitrogen and oxygen atoms in total. The number of carbonyl (C=O) groups excluding carboxylic acids is 2. The second-order valence-electron chi connectivity index (χ2n) is 7.67. The van der Waals surface area contributed by atoms with E-state index in [-0.39, 0.29) is 11.8 Å². The molecule has 0 bridgehead atoms. The maximum Gasteiger partial charge on any atom is 0.222 e. The van der Waals surface area contributed by atoms with Gasteiger partial charge in [-0.2, -0.15) is 0 Å². The Balaban J connectivity index is 1.74. The third-order valence-electron chi connectivity index (χ3n) is 5.23. The van der Waals surface area contributed by atoms with E-state index in [0.717, 1.165) is 64.3 Å². The standard InChI is InChI=1S/C23H37N3O3/c1-3-12-26(13-4-2)23(28)11-7-10-22(27)24-18-20-8-5-6-9-21(20)19-25-14-16-29-17-15-25/h5-6,8-9H,3-4,7,10-19H2,1-2H3,(H,24,27). The van der Waals surface area contributed by atoms with Crippen molar-refractivity contribution >= 4 is 11.8 Å². The van der Waals surface area contributed by atoms with Gasteiger partial charge in [0.1, 0.15) is 0 Å². The summed E-state index contributed by atoms with van der Waals surface area (Å²) in [6, 6.07) is 8.27. The maximum atomic E-state index is 12.3. The van der Waals surface area contributed by atoms with E-state index in [0.29, 0.717) is 25.8 Å². The second kappa shape index (κ2) is 13.3. The van der Waals surface area contributed by atoms with Crippen molar-refractivity contribution in [2.45, 2.75) is 59.0 Å². The third kappa shape index (κ3) is 8.54. The SMILES string of the molecule is CCCN(CCC)C(=O)CCCC(=O)NCc1ccccc1CN1CCOCC1. The molecule has 162 valence electrons. The molecule has 0 unspecified atom stereocenters. The Morgan fingerprint density at radius 3 is 2.34 bits per heavy atom. The monoisotopic (exact) mass is 403 g/mol. The summed E-state index contributed by atoms with van der Waals surface area (Å²) in [5, 5.41) is 3.02. The second-order valence-corrected chi connectivity index (χ2v) is 7.67. The van der Waals surface area contributed by atoms with Gasteiger partial charge in [0, 0.05) is 52.1 Å². The molecular weight excluding hydrogens is 366 g/mol. The Morgan fingerprint density at radius 2 is 1.69 bits per heavy atom. The van der Waals surface area contributed by atoms with Gasteiger partial charge in [-0.25, -0.2) is 0 Å². The minimum Gasteiger partial charge on any atom is -0.379 e. The number of nitrogens with zero attached hydrogens (tertiary/aromatic N) is 2. The highest BCUT2D eigenvalue weighted by molar-refractivity contribution is 5.79. The zero-order valence-corrected chi connectivity index (χ0v) is 18.1. The molecule has 2 amide bonds. The summed E-state index contributed by atoms with van der Waals surface area (Å²) >= 11 is 0. The number of hydrogen-bond donors (Lipinski definition) is 1. The molecule has 6 heteroatoms. The molecule has 0 saturated carbocycles. The van der Waals surface area contributed by atoms with Gasteiger partial charge in [0.2, 0.25) is 11.8 Å². The zero-order valence-electron chi connectivity index (χ0n) is 18.1. The lowest BCUT2D eigenvalue weighted by Crippen LogP contribution is -2.36. The molecule has 1 saturated heterocycles. The molecule has 0 aromatic heterocycles. The Hall–Kier alpha value is -1.92. The van der Waals surface area contributed by atoms with Crippen LogP contribution in [-0.2, 0) is 27.4 Å². The van der Waals surface area contributed by atoms with Crippen molar-refractivity contribution in [2.75, 3.05) is 39.4 Å². The molecule has 1 aromatic rings. The number of ether oxygens (including phenoxy) is 1. The van der Waals surface area contributed by atoms with Gasteiger partial charge in [-0.3, -0.25) is 14.5 Å². The highest BCUT2D eigenvalue weighted by atomic mass is 16.5. The summed E-state index contributed by atoms with van der Waals surface area (Å²) in [4.78, 5) is 28.9. The first kappa shape index (κ1) is 23.4. The van der Waals surface area contributed by atoms with Crippen molar-refractivity contribution in [3.8, 4) is 0 Å². The lowest BCUT2D eigenvalue weighted by molar-refractivity contribution is -0.131. The molecule has 0 spiro atoms. The number of nitrogens with one attached hydrogen (secondary N) is 1. The van der Waals surface area contributed by atoms with E-state index >= 15 is 0 Å². The Labute approximate surface area is 175 Å². The van der Waals surface area contributed by atoms with E-state index in [1.807, 2.05) is 17.0 Å². The van der Waals surface area contributed by atoms with Crippen molar-refractivity contribution in [1.82, 2.24) is 15.1 Å². The highest BCUT2D eigenvalue weighted by Crippen LogP contribution is 2.13. The fourth-order valence-electron chi connectivity index (χ4n) is 3.63. The molecule has 1 heterocycles. The maximum absolute atomic E-state index is 12.3. The number of carbonyl (C=O) groups is 2. The first-order chi connectivity index (χ1) is 14.1. The topological polar surface area (TPSA) is 61.9 Å². The number of rotatable bonds is 12. The quantitative estimate of drug-likeness (QED) is 0.583. The molecule has 1 N–H and O–H groups in total. The van der Waals surface area contributed by atoms with Crippen LogP contribution in [0.3, 0.4) is 0 Å².